The number of ether oxygens (including phenoxy) is 1. The number of imide groups is 1. The SMILES string of the molecule is CC(C)(C)OC(=O)N1C(=O)C(O[Si](C)(C)C)C1c1ccccc1. The quantitative estimate of drug-likeness (QED) is 0.624. The molecule has 1 saturated heterocycles. The number of amides is 2. The molecular formula is C17H25NO4Si. The number of β-lactam (4-membered cyclic amide) rings is 1. The van der Waals surface area contributed by atoms with Crippen molar-refractivity contribution < 1.29 is 18.8 Å². The van der Waals surface area contributed by atoms with Gasteiger partial charge in [-0.3, -0.25) is 4.79 Å². The molecule has 0 saturated carbocycles. The van der Waals surface area contributed by atoms with Gasteiger partial charge in [-0.25, -0.2) is 9.69 Å². The summed E-state index contributed by atoms with van der Waals surface area (Å²) in [5, 5.41) is 0. The van der Waals surface area contributed by atoms with Gasteiger partial charge in [0.2, 0.25) is 0 Å². The summed E-state index contributed by atoms with van der Waals surface area (Å²) in [6.07, 6.45) is -1.23. The number of nitrogens with zero attached hydrogens (tertiary/aromatic N) is 1. The van der Waals surface area contributed by atoms with E-state index in [1.807, 2.05) is 50.0 Å². The van der Waals surface area contributed by atoms with Crippen LogP contribution in [0.3, 0.4) is 0 Å². The molecule has 1 fully saturated rings. The maximum absolute atomic E-state index is 12.5. The van der Waals surface area contributed by atoms with Gasteiger partial charge < -0.3 is 9.16 Å². The van der Waals surface area contributed by atoms with Gasteiger partial charge in [0.1, 0.15) is 11.6 Å². The molecule has 0 spiro atoms. The number of benzene rings is 1. The Balaban J connectivity index is 2.28. The van der Waals surface area contributed by atoms with Gasteiger partial charge in [-0.05, 0) is 46.0 Å². The molecule has 1 aromatic rings. The molecule has 2 atom stereocenters. The molecule has 0 aliphatic carbocycles. The Kier molecular flexibility index (Phi) is 4.68. The highest BCUT2D eigenvalue weighted by molar-refractivity contribution is 6.70. The molecule has 1 aliphatic heterocycles. The zero-order valence-corrected chi connectivity index (χ0v) is 15.6. The smallest absolute Gasteiger partial charge is 0.417 e. The molecule has 0 N–H and O–H groups in total. The number of carbonyl (C=O) groups excluding carboxylic acids is 2. The van der Waals surface area contributed by atoms with Crippen LogP contribution in [-0.2, 0) is 14.0 Å². The van der Waals surface area contributed by atoms with Crippen LogP contribution in [0.4, 0.5) is 4.79 Å². The minimum absolute atomic E-state index is 0.324. The van der Waals surface area contributed by atoms with Crippen molar-refractivity contribution in [2.75, 3.05) is 0 Å². The third-order valence-corrected chi connectivity index (χ3v) is 4.22. The molecule has 0 radical (unpaired) electrons. The standard InChI is InChI=1S/C17H25NO4Si/c1-17(2,3)21-16(20)18-13(12-10-8-7-9-11-12)14(15(18)19)22-23(4,5)6/h7-11,13-14H,1-6H3. The molecule has 5 nitrogen and oxygen atoms in total. The Labute approximate surface area is 138 Å². The minimum atomic E-state index is -1.92. The Morgan fingerprint density at radius 3 is 2.17 bits per heavy atom. The summed E-state index contributed by atoms with van der Waals surface area (Å²) in [6.45, 7) is 11.4. The molecule has 23 heavy (non-hydrogen) atoms. The van der Waals surface area contributed by atoms with Crippen LogP contribution in [0, 0.1) is 0 Å². The lowest BCUT2D eigenvalue weighted by atomic mass is 9.91. The monoisotopic (exact) mass is 335 g/mol. The molecule has 6 heteroatoms. The maximum atomic E-state index is 12.5. The summed E-state index contributed by atoms with van der Waals surface area (Å²) in [6, 6.07) is 9.04. The molecule has 2 amide bonds. The Morgan fingerprint density at radius 1 is 1.13 bits per heavy atom. The number of rotatable bonds is 3. The number of carbonyl (C=O) groups is 2. The second-order valence-electron chi connectivity index (χ2n) is 7.69. The van der Waals surface area contributed by atoms with E-state index in [1.54, 1.807) is 20.8 Å². The van der Waals surface area contributed by atoms with Crippen LogP contribution in [0.15, 0.2) is 30.3 Å². The topological polar surface area (TPSA) is 55.8 Å². The first-order valence-electron chi connectivity index (χ1n) is 7.78. The Hall–Kier alpha value is -1.66. The summed E-state index contributed by atoms with van der Waals surface area (Å²) in [7, 11) is -1.92. The van der Waals surface area contributed by atoms with E-state index in [1.165, 1.54) is 4.90 Å². The average Bonchev–Trinajstić information content (AvgIpc) is 2.39. The van der Waals surface area contributed by atoms with Crippen molar-refractivity contribution in [1.29, 1.82) is 0 Å². The van der Waals surface area contributed by atoms with Gasteiger partial charge in [0.05, 0.1) is 0 Å². The molecule has 0 aromatic heterocycles. The van der Waals surface area contributed by atoms with E-state index in [-0.39, 0.29) is 5.91 Å². The predicted octanol–water partition coefficient (Wildman–Crippen LogP) is 3.73. The molecule has 0 bridgehead atoms. The number of hydrogen-bond acceptors (Lipinski definition) is 4. The number of hydrogen-bond donors (Lipinski definition) is 0. The van der Waals surface area contributed by atoms with E-state index >= 15 is 0 Å². The molecule has 2 rings (SSSR count). The second-order valence-corrected chi connectivity index (χ2v) is 12.2. The van der Waals surface area contributed by atoms with E-state index in [2.05, 4.69) is 0 Å². The highest BCUT2D eigenvalue weighted by Crippen LogP contribution is 2.39. The third-order valence-electron chi connectivity index (χ3n) is 3.26. The fraction of sp³-hybridized carbons (Fsp3) is 0.529. The zero-order chi connectivity index (χ0) is 17.4. The van der Waals surface area contributed by atoms with Crippen LogP contribution in [0.5, 0.6) is 0 Å². The van der Waals surface area contributed by atoms with Crippen molar-refractivity contribution in [1.82, 2.24) is 4.90 Å². The summed E-state index contributed by atoms with van der Waals surface area (Å²) < 4.78 is 11.4. The van der Waals surface area contributed by atoms with E-state index in [4.69, 9.17) is 9.16 Å². The molecule has 1 aliphatic rings. The second kappa shape index (κ2) is 6.09. The zero-order valence-electron chi connectivity index (χ0n) is 14.6. The summed E-state index contributed by atoms with van der Waals surface area (Å²) in [5.41, 5.74) is 0.227. The maximum Gasteiger partial charge on any atom is 0.417 e. The van der Waals surface area contributed by atoms with Crippen LogP contribution < -0.4 is 0 Å². The lowest BCUT2D eigenvalue weighted by Crippen LogP contribution is -2.64. The van der Waals surface area contributed by atoms with Crippen LogP contribution in [-0.4, -0.2) is 36.9 Å². The molecule has 2 unspecified atom stereocenters. The molecule has 126 valence electrons. The van der Waals surface area contributed by atoms with Gasteiger partial charge in [0, 0.05) is 0 Å². The van der Waals surface area contributed by atoms with Crippen LogP contribution in [0.2, 0.25) is 19.6 Å². The normalized spacial score (nSPS) is 21.8. The lowest BCUT2D eigenvalue weighted by molar-refractivity contribution is -0.162. The third kappa shape index (κ3) is 4.20. The van der Waals surface area contributed by atoms with Crippen molar-refractivity contribution >= 4 is 20.3 Å². The van der Waals surface area contributed by atoms with Crippen molar-refractivity contribution in [3.05, 3.63) is 35.9 Å². The van der Waals surface area contributed by atoms with E-state index in [0.29, 0.717) is 0 Å². The highest BCUT2D eigenvalue weighted by Gasteiger charge is 2.54. The summed E-state index contributed by atoms with van der Waals surface area (Å²) in [5.74, 6) is -0.324. The van der Waals surface area contributed by atoms with Crippen molar-refractivity contribution in [2.24, 2.45) is 0 Å². The van der Waals surface area contributed by atoms with E-state index in [9.17, 15) is 9.59 Å². The molecular weight excluding hydrogens is 310 g/mol. The van der Waals surface area contributed by atoms with Crippen molar-refractivity contribution in [2.45, 2.75) is 58.2 Å². The first-order chi connectivity index (χ1) is 10.5. The molecule has 1 aromatic carbocycles. The first-order valence-corrected chi connectivity index (χ1v) is 11.2. The Bertz CT molecular complexity index is 589. The van der Waals surface area contributed by atoms with Crippen molar-refractivity contribution in [3.63, 3.8) is 0 Å². The van der Waals surface area contributed by atoms with Crippen LogP contribution in [0.1, 0.15) is 32.4 Å². The van der Waals surface area contributed by atoms with Crippen LogP contribution in [0.25, 0.3) is 0 Å². The lowest BCUT2D eigenvalue weighted by Gasteiger charge is -2.47. The van der Waals surface area contributed by atoms with Gasteiger partial charge in [-0.2, -0.15) is 0 Å². The van der Waals surface area contributed by atoms with Gasteiger partial charge in [0.15, 0.2) is 14.4 Å². The fourth-order valence-corrected chi connectivity index (χ4v) is 3.44. The van der Waals surface area contributed by atoms with E-state index < -0.39 is 32.2 Å². The van der Waals surface area contributed by atoms with Gasteiger partial charge in [0.25, 0.3) is 5.91 Å². The largest absolute Gasteiger partial charge is 0.443 e. The van der Waals surface area contributed by atoms with Crippen LogP contribution >= 0.6 is 0 Å². The Morgan fingerprint density at radius 2 is 1.70 bits per heavy atom. The predicted molar refractivity (Wildman–Crippen MR) is 90.5 cm³/mol. The molecule has 1 heterocycles. The average molecular weight is 335 g/mol. The minimum Gasteiger partial charge on any atom is -0.443 e. The van der Waals surface area contributed by atoms with Gasteiger partial charge in [-0.1, -0.05) is 30.3 Å². The highest BCUT2D eigenvalue weighted by atomic mass is 28.4. The van der Waals surface area contributed by atoms with Crippen molar-refractivity contribution in [3.8, 4) is 0 Å². The summed E-state index contributed by atoms with van der Waals surface area (Å²) >= 11 is 0. The first kappa shape index (κ1) is 17.7. The van der Waals surface area contributed by atoms with Gasteiger partial charge >= 0.3 is 6.09 Å². The number of likely N-dealkylation sites (tertiary alicyclic amines) is 1. The summed E-state index contributed by atoms with van der Waals surface area (Å²) in [4.78, 5) is 26.0. The van der Waals surface area contributed by atoms with Gasteiger partial charge in [-0.15, -0.1) is 0 Å². The van der Waals surface area contributed by atoms with E-state index in [0.717, 1.165) is 5.56 Å². The fourth-order valence-electron chi connectivity index (χ4n) is 2.45.